The van der Waals surface area contributed by atoms with Gasteiger partial charge in [0.05, 0.1) is 58.3 Å². The summed E-state index contributed by atoms with van der Waals surface area (Å²) < 4.78 is 18.5. The molecule has 4 aliphatic heterocycles. The molecule has 5 atom stereocenters. The fraction of sp³-hybridized carbons (Fsp3) is 0.312. The van der Waals surface area contributed by atoms with Crippen LogP contribution in [0.15, 0.2) is 115 Å². The number of ether oxygens (including phenoxy) is 3. The summed E-state index contributed by atoms with van der Waals surface area (Å²) in [7, 11) is -0.931. The van der Waals surface area contributed by atoms with Gasteiger partial charge in [0.1, 0.15) is 11.5 Å². The predicted octanol–water partition coefficient (Wildman–Crippen LogP) is 7.50. The molecule has 10 nitrogen and oxygen atoms in total. The third-order valence-electron chi connectivity index (χ3n) is 13.3. The largest absolute Gasteiger partial charge is 0.497 e. The summed E-state index contributed by atoms with van der Waals surface area (Å²) >= 11 is 6.78. The lowest BCUT2D eigenvalue weighted by molar-refractivity contribution is -0.151. The second-order valence-corrected chi connectivity index (χ2v) is 22.0. The van der Waals surface area contributed by atoms with E-state index in [4.69, 9.17) is 25.8 Å². The molecule has 4 aliphatic rings. The van der Waals surface area contributed by atoms with E-state index in [2.05, 4.69) is 38.2 Å². The number of halogens is 1. The number of aliphatic hydroxyl groups excluding tert-OH is 1. The Kier molecular flexibility index (Phi) is 10.3. The molecule has 9 rings (SSSR count). The van der Waals surface area contributed by atoms with Crippen molar-refractivity contribution in [2.24, 2.45) is 5.92 Å². The monoisotopic (exact) mass is 841 g/mol. The Hall–Kier alpha value is -5.46. The zero-order valence-corrected chi connectivity index (χ0v) is 35.9. The van der Waals surface area contributed by atoms with Gasteiger partial charge in [0.2, 0.25) is 5.91 Å². The molecular formula is C48H48ClN3O7Si. The van der Waals surface area contributed by atoms with E-state index >= 15 is 4.79 Å². The number of anilines is 3. The van der Waals surface area contributed by atoms with Gasteiger partial charge in [-0.3, -0.25) is 19.3 Å². The Labute approximate surface area is 356 Å². The summed E-state index contributed by atoms with van der Waals surface area (Å²) in [4.78, 5) is 48.7. The van der Waals surface area contributed by atoms with Crippen LogP contribution in [0.2, 0.25) is 23.7 Å². The van der Waals surface area contributed by atoms with E-state index in [0.717, 1.165) is 27.6 Å². The maximum atomic E-state index is 15.5. The van der Waals surface area contributed by atoms with Crippen LogP contribution >= 0.6 is 11.6 Å². The van der Waals surface area contributed by atoms with E-state index < -0.39 is 19.8 Å². The molecular weight excluding hydrogens is 794 g/mol. The number of benzene rings is 5. The second-order valence-electron chi connectivity index (χ2n) is 16.9. The minimum atomic E-state index is -2.58. The van der Waals surface area contributed by atoms with Gasteiger partial charge in [-0.2, -0.15) is 0 Å². The molecule has 1 saturated heterocycles. The van der Waals surface area contributed by atoms with E-state index in [1.807, 2.05) is 91.0 Å². The second kappa shape index (κ2) is 15.5. The number of nitrogens with zero attached hydrogens (tertiary/aromatic N) is 3. The predicted molar refractivity (Wildman–Crippen MR) is 234 cm³/mol. The summed E-state index contributed by atoms with van der Waals surface area (Å²) in [6, 6.07) is 36.4. The Morgan fingerprint density at radius 2 is 1.67 bits per heavy atom. The maximum Gasteiger partial charge on any atom is 0.269 e. The van der Waals surface area contributed by atoms with Crippen molar-refractivity contribution in [1.82, 2.24) is 4.90 Å². The van der Waals surface area contributed by atoms with E-state index in [0.29, 0.717) is 46.4 Å². The number of methoxy groups -OCH3 is 1. The molecule has 60 heavy (non-hydrogen) atoms. The molecule has 0 aromatic heterocycles. The average Bonchev–Trinajstić information content (AvgIpc) is 3.68. The standard InChI is InChI=1S/C48H48ClN3O7Si/c1-30-46(60(3,4)38-19-17-37(57-2)18-20-38)43(25-44(54)50-27-33-12-6-5-11-32(33)23-36(50)28-53)59-48(30)39-24-34(49)16-21-40(39)51(47(48)56)26-31-10-9-13-35(22-31)52-41-14-7-8-15-42(41)58-29-45(52)55/h5-22,24,30,36,43,46,53H,23,25-29H2,1-4H3/t30-,36-,43+,46-,48+/m0/s1. The van der Waals surface area contributed by atoms with Crippen molar-refractivity contribution in [3.8, 4) is 11.5 Å². The van der Waals surface area contributed by atoms with Crippen molar-refractivity contribution in [2.45, 2.75) is 69.2 Å². The van der Waals surface area contributed by atoms with E-state index in [-0.39, 0.29) is 61.4 Å². The first kappa shape index (κ1) is 40.0. The van der Waals surface area contributed by atoms with E-state index in [1.165, 1.54) is 0 Å². The van der Waals surface area contributed by atoms with Crippen molar-refractivity contribution in [1.29, 1.82) is 0 Å². The van der Waals surface area contributed by atoms with Crippen LogP contribution in [0.1, 0.15) is 35.6 Å². The van der Waals surface area contributed by atoms with Gasteiger partial charge in [-0.1, -0.05) is 97.5 Å². The number of para-hydroxylation sites is 2. The highest BCUT2D eigenvalue weighted by atomic mass is 35.5. The lowest BCUT2D eigenvalue weighted by Crippen LogP contribution is -2.52. The van der Waals surface area contributed by atoms with Crippen molar-refractivity contribution < 1.29 is 33.7 Å². The average molecular weight is 842 g/mol. The lowest BCUT2D eigenvalue weighted by atomic mass is 9.82. The third kappa shape index (κ3) is 6.59. The molecule has 1 fully saturated rings. The van der Waals surface area contributed by atoms with Crippen LogP contribution in [0.4, 0.5) is 17.1 Å². The summed E-state index contributed by atoms with van der Waals surface area (Å²) in [5.74, 6) is 0.484. The fourth-order valence-electron chi connectivity index (χ4n) is 10.3. The van der Waals surface area contributed by atoms with Gasteiger partial charge in [0.25, 0.3) is 11.8 Å². The first-order chi connectivity index (χ1) is 28.9. The molecule has 1 N–H and O–H groups in total. The molecule has 5 aromatic rings. The number of aliphatic hydroxyl groups is 1. The molecule has 308 valence electrons. The number of hydrogen-bond acceptors (Lipinski definition) is 7. The molecule has 0 aliphatic carbocycles. The quantitative estimate of drug-likeness (QED) is 0.153. The molecule has 0 bridgehead atoms. The topological polar surface area (TPSA) is 109 Å². The SMILES string of the molecule is COc1ccc([Si](C)(C)[C@@H]2[C@@H](CC(=O)N3Cc4ccccc4C[C@H]3CO)O[C@]3(C(=O)N(Cc4cccc(N5C(=O)COc6ccccc65)c4)c4ccc(Cl)cc43)[C@H]2C)cc1. The molecule has 0 saturated carbocycles. The zero-order valence-electron chi connectivity index (χ0n) is 34.1. The molecule has 4 heterocycles. The minimum Gasteiger partial charge on any atom is -0.497 e. The van der Waals surface area contributed by atoms with Gasteiger partial charge in [-0.25, -0.2) is 0 Å². The van der Waals surface area contributed by atoms with Crippen LogP contribution < -0.4 is 24.5 Å². The highest BCUT2D eigenvalue weighted by Crippen LogP contribution is 2.60. The summed E-state index contributed by atoms with van der Waals surface area (Å²) in [6.07, 6.45) is -0.0197. The van der Waals surface area contributed by atoms with Gasteiger partial charge in [-0.15, -0.1) is 0 Å². The molecule has 0 unspecified atom stereocenters. The van der Waals surface area contributed by atoms with Crippen molar-refractivity contribution in [2.75, 3.05) is 30.1 Å². The highest BCUT2D eigenvalue weighted by molar-refractivity contribution is 6.91. The summed E-state index contributed by atoms with van der Waals surface area (Å²) in [5.41, 5.74) is 4.09. The van der Waals surface area contributed by atoms with Crippen LogP contribution in [-0.2, 0) is 44.2 Å². The maximum absolute atomic E-state index is 15.5. The lowest BCUT2D eigenvalue weighted by Gasteiger charge is -2.39. The molecule has 1 spiro atoms. The summed E-state index contributed by atoms with van der Waals surface area (Å²) in [6.45, 7) is 7.03. The Morgan fingerprint density at radius 1 is 0.917 bits per heavy atom. The summed E-state index contributed by atoms with van der Waals surface area (Å²) in [5, 5.41) is 12.2. The number of carbonyl (C=O) groups excluding carboxylic acids is 3. The Balaban J connectivity index is 1.09. The van der Waals surface area contributed by atoms with Crippen molar-refractivity contribution in [3.05, 3.63) is 143 Å². The van der Waals surface area contributed by atoms with Crippen molar-refractivity contribution in [3.63, 3.8) is 0 Å². The van der Waals surface area contributed by atoms with Crippen LogP contribution in [0.25, 0.3) is 0 Å². The van der Waals surface area contributed by atoms with Crippen LogP contribution in [0.5, 0.6) is 11.5 Å². The molecule has 0 radical (unpaired) electrons. The van der Waals surface area contributed by atoms with Gasteiger partial charge in [-0.05, 0) is 83.2 Å². The number of carbonyl (C=O) groups is 3. The third-order valence-corrected chi connectivity index (χ3v) is 17.9. The van der Waals surface area contributed by atoms with Crippen LogP contribution in [0.3, 0.4) is 0 Å². The normalized spacial score (nSPS) is 23.3. The molecule has 3 amide bonds. The fourth-order valence-corrected chi connectivity index (χ4v) is 14.5. The Morgan fingerprint density at radius 3 is 2.43 bits per heavy atom. The number of amides is 3. The van der Waals surface area contributed by atoms with Gasteiger partial charge in [0.15, 0.2) is 12.2 Å². The number of hydrogen-bond donors (Lipinski definition) is 1. The first-order valence-electron chi connectivity index (χ1n) is 20.5. The van der Waals surface area contributed by atoms with Crippen LogP contribution in [-0.4, -0.2) is 68.3 Å². The first-order valence-corrected chi connectivity index (χ1v) is 23.9. The minimum absolute atomic E-state index is 0.0439. The van der Waals surface area contributed by atoms with Crippen LogP contribution in [0, 0.1) is 5.92 Å². The number of rotatable bonds is 9. The van der Waals surface area contributed by atoms with Crippen molar-refractivity contribution >= 4 is 59.6 Å². The number of fused-ring (bicyclic) bond motifs is 4. The van der Waals surface area contributed by atoms with E-state index in [9.17, 15) is 14.7 Å². The van der Waals surface area contributed by atoms with E-state index in [1.54, 1.807) is 27.9 Å². The molecule has 5 aromatic carbocycles. The highest BCUT2D eigenvalue weighted by Gasteiger charge is 2.66. The molecule has 12 heteroatoms. The Bertz CT molecular complexity index is 2500. The van der Waals surface area contributed by atoms with Gasteiger partial charge in [0, 0.05) is 28.7 Å². The van der Waals surface area contributed by atoms with Gasteiger partial charge >= 0.3 is 0 Å². The zero-order chi connectivity index (χ0) is 41.9. The smallest absolute Gasteiger partial charge is 0.269 e. The van der Waals surface area contributed by atoms with Gasteiger partial charge < -0.3 is 29.1 Å².